The fourth-order valence-corrected chi connectivity index (χ4v) is 2.07. The van der Waals surface area contributed by atoms with Gasteiger partial charge in [-0.25, -0.2) is 4.39 Å². The minimum Gasteiger partial charge on any atom is -0.484 e. The highest BCUT2D eigenvalue weighted by atomic mass is 32.1. The Kier molecular flexibility index (Phi) is 4.26. The van der Waals surface area contributed by atoms with Crippen LogP contribution in [0, 0.1) is 17.1 Å². The van der Waals surface area contributed by atoms with Crippen molar-refractivity contribution in [1.29, 1.82) is 5.26 Å². The average molecular weight is 278 g/mol. The fourth-order valence-electron chi connectivity index (χ4n) is 1.43. The average Bonchev–Trinajstić information content (AvgIpc) is 2.85. The zero-order chi connectivity index (χ0) is 13.7. The van der Waals surface area contributed by atoms with E-state index in [0.717, 1.165) is 17.6 Å². The molecule has 1 N–H and O–H groups in total. The van der Waals surface area contributed by atoms with Gasteiger partial charge < -0.3 is 10.1 Å². The van der Waals surface area contributed by atoms with Crippen LogP contribution in [0.25, 0.3) is 0 Å². The summed E-state index contributed by atoms with van der Waals surface area (Å²) in [7, 11) is 0. The van der Waals surface area contributed by atoms with Gasteiger partial charge >= 0.3 is 0 Å². The lowest BCUT2D eigenvalue weighted by Crippen LogP contribution is -2.03. The van der Waals surface area contributed by atoms with Crippen LogP contribution in [0.2, 0.25) is 0 Å². The number of ether oxygens (including phenoxy) is 1. The number of nitrogens with zero attached hydrogens (tertiary/aromatic N) is 3. The number of aromatic nitrogens is 2. The molecule has 1 aromatic carbocycles. The second kappa shape index (κ2) is 6.11. The largest absolute Gasteiger partial charge is 0.484 e. The molecule has 0 radical (unpaired) electrons. The van der Waals surface area contributed by atoms with Gasteiger partial charge in [-0.05, 0) is 25.1 Å². The van der Waals surface area contributed by atoms with E-state index in [1.807, 2.05) is 13.0 Å². The lowest BCUT2D eigenvalue weighted by molar-refractivity contribution is 0.286. The van der Waals surface area contributed by atoms with E-state index >= 15 is 0 Å². The number of benzene rings is 1. The summed E-state index contributed by atoms with van der Waals surface area (Å²) >= 11 is 1.23. The first-order valence-corrected chi connectivity index (χ1v) is 6.39. The van der Waals surface area contributed by atoms with Gasteiger partial charge in [-0.2, -0.15) is 5.26 Å². The topological polar surface area (TPSA) is 70.8 Å². The van der Waals surface area contributed by atoms with Gasteiger partial charge in [-0.3, -0.25) is 0 Å². The summed E-state index contributed by atoms with van der Waals surface area (Å²) in [4.78, 5) is 0. The summed E-state index contributed by atoms with van der Waals surface area (Å²) in [6.45, 7) is 2.84. The Balaban J connectivity index is 2.06. The Bertz CT molecular complexity index is 608. The molecule has 0 aliphatic rings. The molecule has 0 bridgehead atoms. The molecule has 0 spiro atoms. The van der Waals surface area contributed by atoms with E-state index in [2.05, 4.69) is 14.9 Å². The predicted octanol–water partition coefficient (Wildman–Crippen LogP) is 2.56. The monoisotopic (exact) mass is 278 g/mol. The Morgan fingerprint density at radius 1 is 1.53 bits per heavy atom. The molecule has 1 heterocycles. The van der Waals surface area contributed by atoms with Gasteiger partial charge in [-0.15, -0.1) is 5.10 Å². The normalized spacial score (nSPS) is 9.95. The molecule has 7 heteroatoms. The summed E-state index contributed by atoms with van der Waals surface area (Å²) in [5.41, 5.74) is 0.893. The molecule has 5 nitrogen and oxygen atoms in total. The Labute approximate surface area is 113 Å². The van der Waals surface area contributed by atoms with Gasteiger partial charge in [0.05, 0.1) is 11.6 Å². The number of anilines is 1. The van der Waals surface area contributed by atoms with E-state index in [4.69, 9.17) is 10.00 Å². The second-order valence-electron chi connectivity index (χ2n) is 3.62. The van der Waals surface area contributed by atoms with Gasteiger partial charge in [0.2, 0.25) is 0 Å². The third-order valence-corrected chi connectivity index (χ3v) is 3.04. The summed E-state index contributed by atoms with van der Waals surface area (Å²) in [6, 6.07) is 5.94. The molecule has 0 aliphatic heterocycles. The van der Waals surface area contributed by atoms with Crippen LogP contribution >= 0.6 is 11.5 Å². The first kappa shape index (κ1) is 13.2. The maximum absolute atomic E-state index is 13.6. The van der Waals surface area contributed by atoms with Crippen molar-refractivity contribution in [3.8, 4) is 11.8 Å². The van der Waals surface area contributed by atoms with E-state index in [0.29, 0.717) is 5.69 Å². The number of rotatable bonds is 5. The van der Waals surface area contributed by atoms with Gasteiger partial charge in [0.15, 0.2) is 11.6 Å². The van der Waals surface area contributed by atoms with Crippen molar-refractivity contribution >= 4 is 16.5 Å². The molecule has 0 fully saturated rings. The van der Waals surface area contributed by atoms with Crippen LogP contribution in [0.5, 0.6) is 5.75 Å². The molecule has 19 heavy (non-hydrogen) atoms. The van der Waals surface area contributed by atoms with Crippen LogP contribution in [0.3, 0.4) is 0 Å². The fraction of sp³-hybridized carbons (Fsp3) is 0.250. The second-order valence-corrected chi connectivity index (χ2v) is 4.38. The highest BCUT2D eigenvalue weighted by Crippen LogP contribution is 2.22. The SMILES string of the molecule is CCNc1snnc1COc1ccc(C#N)cc1F. The van der Waals surface area contributed by atoms with E-state index in [-0.39, 0.29) is 17.9 Å². The quantitative estimate of drug-likeness (QED) is 0.910. The number of hydrogen-bond donors (Lipinski definition) is 1. The van der Waals surface area contributed by atoms with Crippen molar-refractivity contribution in [2.24, 2.45) is 0 Å². The molecular weight excluding hydrogens is 267 g/mol. The Morgan fingerprint density at radius 2 is 2.37 bits per heavy atom. The van der Waals surface area contributed by atoms with Crippen molar-refractivity contribution in [2.45, 2.75) is 13.5 Å². The van der Waals surface area contributed by atoms with E-state index in [1.165, 1.54) is 23.7 Å². The van der Waals surface area contributed by atoms with Gasteiger partial charge in [0, 0.05) is 18.1 Å². The molecule has 98 valence electrons. The zero-order valence-electron chi connectivity index (χ0n) is 10.2. The van der Waals surface area contributed by atoms with Crippen LogP contribution in [0.15, 0.2) is 18.2 Å². The molecule has 0 unspecified atom stereocenters. The van der Waals surface area contributed by atoms with Crippen molar-refractivity contribution < 1.29 is 9.13 Å². The summed E-state index contributed by atoms with van der Waals surface area (Å²) < 4.78 is 22.8. The maximum Gasteiger partial charge on any atom is 0.166 e. The number of nitriles is 1. The molecule has 0 saturated carbocycles. The molecule has 0 atom stereocenters. The third-order valence-electron chi connectivity index (χ3n) is 2.32. The molecule has 0 aliphatic carbocycles. The van der Waals surface area contributed by atoms with Gasteiger partial charge in [0.25, 0.3) is 0 Å². The standard InChI is InChI=1S/C12H11FN4OS/c1-2-15-12-10(16-17-19-12)7-18-11-4-3-8(6-14)5-9(11)13/h3-5,15H,2,7H2,1H3. The number of nitrogens with one attached hydrogen (secondary N) is 1. The van der Waals surface area contributed by atoms with Crippen molar-refractivity contribution in [2.75, 3.05) is 11.9 Å². The van der Waals surface area contributed by atoms with Gasteiger partial charge in [0.1, 0.15) is 17.3 Å². The summed E-state index contributed by atoms with van der Waals surface area (Å²) in [5.74, 6) is -0.471. The minimum atomic E-state index is -0.563. The maximum atomic E-state index is 13.6. The van der Waals surface area contributed by atoms with Crippen molar-refractivity contribution in [3.05, 3.63) is 35.3 Å². The van der Waals surface area contributed by atoms with Crippen LogP contribution in [-0.2, 0) is 6.61 Å². The van der Waals surface area contributed by atoms with Crippen LogP contribution in [0.1, 0.15) is 18.2 Å². The number of hydrogen-bond acceptors (Lipinski definition) is 6. The zero-order valence-corrected chi connectivity index (χ0v) is 11.0. The van der Waals surface area contributed by atoms with E-state index in [1.54, 1.807) is 0 Å². The molecule has 2 aromatic rings. The first-order chi connectivity index (χ1) is 9.24. The molecule has 0 amide bonds. The predicted molar refractivity (Wildman–Crippen MR) is 69.5 cm³/mol. The van der Waals surface area contributed by atoms with Crippen molar-refractivity contribution in [1.82, 2.24) is 9.59 Å². The Hall–Kier alpha value is -2.20. The van der Waals surface area contributed by atoms with Crippen molar-refractivity contribution in [3.63, 3.8) is 0 Å². The van der Waals surface area contributed by atoms with Gasteiger partial charge in [-0.1, -0.05) is 4.49 Å². The Morgan fingerprint density at radius 3 is 3.05 bits per heavy atom. The minimum absolute atomic E-state index is 0.0921. The lowest BCUT2D eigenvalue weighted by Gasteiger charge is -2.07. The van der Waals surface area contributed by atoms with Crippen LogP contribution < -0.4 is 10.1 Å². The highest BCUT2D eigenvalue weighted by molar-refractivity contribution is 7.10. The van der Waals surface area contributed by atoms with Crippen LogP contribution in [-0.4, -0.2) is 16.1 Å². The molecule has 0 saturated heterocycles. The van der Waals surface area contributed by atoms with E-state index < -0.39 is 5.82 Å². The molecular formula is C12H11FN4OS. The first-order valence-electron chi connectivity index (χ1n) is 5.62. The summed E-state index contributed by atoms with van der Waals surface area (Å²) in [6.07, 6.45) is 0. The molecule has 2 rings (SSSR count). The van der Waals surface area contributed by atoms with Crippen LogP contribution in [0.4, 0.5) is 9.39 Å². The third kappa shape index (κ3) is 3.17. The van der Waals surface area contributed by atoms with E-state index in [9.17, 15) is 4.39 Å². The molecule has 1 aromatic heterocycles. The number of halogens is 1. The highest BCUT2D eigenvalue weighted by Gasteiger charge is 2.10. The smallest absolute Gasteiger partial charge is 0.166 e. The lowest BCUT2D eigenvalue weighted by atomic mass is 10.2. The summed E-state index contributed by atoms with van der Waals surface area (Å²) in [5, 5.41) is 16.5.